The number of nitrogens with zero attached hydrogens (tertiary/aromatic N) is 4. The van der Waals surface area contributed by atoms with E-state index in [0.717, 1.165) is 64.7 Å². The Bertz CT molecular complexity index is 833. The van der Waals surface area contributed by atoms with E-state index in [9.17, 15) is 4.79 Å². The van der Waals surface area contributed by atoms with E-state index in [1.807, 2.05) is 35.4 Å². The van der Waals surface area contributed by atoms with Gasteiger partial charge in [0.25, 0.3) is 0 Å². The molecule has 0 atom stereocenters. The predicted molar refractivity (Wildman–Crippen MR) is 122 cm³/mol. The van der Waals surface area contributed by atoms with Crippen LogP contribution in [0.5, 0.6) is 0 Å². The number of fused-ring (bicyclic) bond motifs is 1. The standard InChI is InChI=1S/C23H31N5OS/c1-24-23(27-13-11-26(12-14-27)18-21-8-5-15-30-21)25-10-4-9-22(29)28-16-19-6-2-3-7-20(19)17-28/h2-3,5-8,15H,4,9-14,16-18H2,1H3,(H,24,25). The number of nitrogens with one attached hydrogen (secondary N) is 1. The Morgan fingerprint density at radius 3 is 2.40 bits per heavy atom. The van der Waals surface area contributed by atoms with Crippen LogP contribution in [0.25, 0.3) is 0 Å². The highest BCUT2D eigenvalue weighted by atomic mass is 32.1. The molecular formula is C23H31N5OS. The fourth-order valence-corrected chi connectivity index (χ4v) is 4.93. The number of hydrogen-bond donors (Lipinski definition) is 1. The van der Waals surface area contributed by atoms with E-state index >= 15 is 0 Å². The van der Waals surface area contributed by atoms with Gasteiger partial charge in [-0.1, -0.05) is 30.3 Å². The summed E-state index contributed by atoms with van der Waals surface area (Å²) in [7, 11) is 1.84. The Morgan fingerprint density at radius 1 is 1.03 bits per heavy atom. The number of benzene rings is 1. The number of carbonyl (C=O) groups is 1. The van der Waals surface area contributed by atoms with Crippen molar-refractivity contribution in [1.82, 2.24) is 20.0 Å². The normalized spacial score (nSPS) is 17.3. The molecule has 1 fully saturated rings. The third-order valence-corrected chi connectivity index (χ3v) is 6.75. The Morgan fingerprint density at radius 2 is 1.77 bits per heavy atom. The minimum Gasteiger partial charge on any atom is -0.356 e. The Labute approximate surface area is 183 Å². The van der Waals surface area contributed by atoms with Crippen molar-refractivity contribution in [2.75, 3.05) is 39.8 Å². The van der Waals surface area contributed by atoms with Crippen molar-refractivity contribution in [2.45, 2.75) is 32.5 Å². The summed E-state index contributed by atoms with van der Waals surface area (Å²) in [6.45, 7) is 7.37. The van der Waals surface area contributed by atoms with Crippen LogP contribution in [0.15, 0.2) is 46.8 Å². The number of guanidine groups is 1. The zero-order chi connectivity index (χ0) is 20.8. The van der Waals surface area contributed by atoms with Gasteiger partial charge < -0.3 is 15.1 Å². The number of amides is 1. The molecule has 2 aromatic rings. The smallest absolute Gasteiger partial charge is 0.223 e. The van der Waals surface area contributed by atoms with Crippen molar-refractivity contribution >= 4 is 23.2 Å². The molecule has 0 unspecified atom stereocenters. The molecule has 30 heavy (non-hydrogen) atoms. The molecule has 0 aliphatic carbocycles. The lowest BCUT2D eigenvalue weighted by Crippen LogP contribution is -2.52. The van der Waals surface area contributed by atoms with E-state index in [0.29, 0.717) is 6.42 Å². The molecule has 7 heteroatoms. The van der Waals surface area contributed by atoms with Gasteiger partial charge in [-0.3, -0.25) is 14.7 Å². The summed E-state index contributed by atoms with van der Waals surface area (Å²) in [4.78, 5) is 25.2. The van der Waals surface area contributed by atoms with Crippen molar-refractivity contribution in [3.8, 4) is 0 Å². The summed E-state index contributed by atoms with van der Waals surface area (Å²) < 4.78 is 0. The molecule has 0 saturated carbocycles. The maximum absolute atomic E-state index is 12.5. The second-order valence-electron chi connectivity index (χ2n) is 7.94. The van der Waals surface area contributed by atoms with Crippen LogP contribution in [0.2, 0.25) is 0 Å². The van der Waals surface area contributed by atoms with E-state index in [4.69, 9.17) is 0 Å². The van der Waals surface area contributed by atoms with Crippen molar-refractivity contribution in [3.63, 3.8) is 0 Å². The van der Waals surface area contributed by atoms with Crippen molar-refractivity contribution < 1.29 is 4.79 Å². The average Bonchev–Trinajstić information content (AvgIpc) is 3.44. The molecule has 1 N–H and O–H groups in total. The van der Waals surface area contributed by atoms with E-state index in [2.05, 4.69) is 49.8 Å². The van der Waals surface area contributed by atoms with Gasteiger partial charge in [0.2, 0.25) is 5.91 Å². The summed E-state index contributed by atoms with van der Waals surface area (Å²) >= 11 is 1.83. The minimum atomic E-state index is 0.241. The number of piperazine rings is 1. The molecule has 1 saturated heterocycles. The number of hydrogen-bond acceptors (Lipinski definition) is 4. The second-order valence-corrected chi connectivity index (χ2v) is 8.97. The molecular weight excluding hydrogens is 394 g/mol. The first kappa shape index (κ1) is 20.9. The van der Waals surface area contributed by atoms with Crippen LogP contribution in [0.4, 0.5) is 0 Å². The summed E-state index contributed by atoms with van der Waals surface area (Å²) in [5, 5.41) is 5.59. The highest BCUT2D eigenvalue weighted by Crippen LogP contribution is 2.22. The number of aliphatic imine (C=N–C) groups is 1. The molecule has 0 spiro atoms. The van der Waals surface area contributed by atoms with E-state index in [-0.39, 0.29) is 5.91 Å². The maximum atomic E-state index is 12.5. The average molecular weight is 426 g/mol. The van der Waals surface area contributed by atoms with Crippen LogP contribution in [0.1, 0.15) is 28.8 Å². The van der Waals surface area contributed by atoms with Crippen LogP contribution < -0.4 is 5.32 Å². The summed E-state index contributed by atoms with van der Waals surface area (Å²) in [5.41, 5.74) is 2.56. The molecule has 3 heterocycles. The highest BCUT2D eigenvalue weighted by molar-refractivity contribution is 7.09. The number of thiophene rings is 1. The van der Waals surface area contributed by atoms with Gasteiger partial charge in [0, 0.05) is 70.7 Å². The first-order valence-corrected chi connectivity index (χ1v) is 11.7. The van der Waals surface area contributed by atoms with Gasteiger partial charge in [0.15, 0.2) is 5.96 Å². The minimum absolute atomic E-state index is 0.241. The third kappa shape index (κ3) is 5.21. The van der Waals surface area contributed by atoms with E-state index < -0.39 is 0 Å². The van der Waals surface area contributed by atoms with Gasteiger partial charge in [-0.05, 0) is 29.0 Å². The van der Waals surface area contributed by atoms with Crippen LogP contribution in [-0.4, -0.2) is 66.3 Å². The molecule has 2 aliphatic heterocycles. The van der Waals surface area contributed by atoms with Gasteiger partial charge in [-0.25, -0.2) is 0 Å². The summed E-state index contributed by atoms with van der Waals surface area (Å²) in [5.74, 6) is 1.19. The highest BCUT2D eigenvalue weighted by Gasteiger charge is 2.23. The van der Waals surface area contributed by atoms with Crippen LogP contribution >= 0.6 is 11.3 Å². The lowest BCUT2D eigenvalue weighted by atomic mass is 10.1. The van der Waals surface area contributed by atoms with Crippen LogP contribution in [0.3, 0.4) is 0 Å². The lowest BCUT2D eigenvalue weighted by Gasteiger charge is -2.36. The molecule has 160 valence electrons. The Balaban J connectivity index is 1.15. The van der Waals surface area contributed by atoms with Gasteiger partial charge in [-0.15, -0.1) is 11.3 Å². The molecule has 2 aliphatic rings. The fourth-order valence-electron chi connectivity index (χ4n) is 4.18. The summed E-state index contributed by atoms with van der Waals surface area (Å²) in [6.07, 6.45) is 1.40. The van der Waals surface area contributed by atoms with Crippen molar-refractivity contribution in [2.24, 2.45) is 4.99 Å². The molecule has 0 radical (unpaired) electrons. The Kier molecular flexibility index (Phi) is 7.02. The lowest BCUT2D eigenvalue weighted by molar-refractivity contribution is -0.131. The molecule has 1 amide bonds. The van der Waals surface area contributed by atoms with Gasteiger partial charge in [0.1, 0.15) is 0 Å². The van der Waals surface area contributed by atoms with Crippen LogP contribution in [-0.2, 0) is 24.4 Å². The molecule has 1 aromatic heterocycles. The molecule has 1 aromatic carbocycles. The van der Waals surface area contributed by atoms with Gasteiger partial charge in [0.05, 0.1) is 0 Å². The van der Waals surface area contributed by atoms with Crippen molar-refractivity contribution in [3.05, 3.63) is 57.8 Å². The van der Waals surface area contributed by atoms with Gasteiger partial charge >= 0.3 is 0 Å². The maximum Gasteiger partial charge on any atom is 0.223 e. The van der Waals surface area contributed by atoms with E-state index in [1.165, 1.54) is 16.0 Å². The number of carbonyl (C=O) groups excluding carboxylic acids is 1. The number of rotatable bonds is 6. The molecule has 6 nitrogen and oxygen atoms in total. The molecule has 4 rings (SSSR count). The largest absolute Gasteiger partial charge is 0.356 e. The second kappa shape index (κ2) is 10.1. The third-order valence-electron chi connectivity index (χ3n) is 5.89. The molecule has 0 bridgehead atoms. The zero-order valence-corrected chi connectivity index (χ0v) is 18.5. The Hall–Kier alpha value is -2.38. The van der Waals surface area contributed by atoms with Crippen LogP contribution in [0, 0.1) is 0 Å². The monoisotopic (exact) mass is 425 g/mol. The zero-order valence-electron chi connectivity index (χ0n) is 17.7. The fraction of sp³-hybridized carbons (Fsp3) is 0.478. The van der Waals surface area contributed by atoms with Crippen molar-refractivity contribution in [1.29, 1.82) is 0 Å². The SMILES string of the molecule is CN=C(NCCCC(=O)N1Cc2ccccc2C1)N1CCN(Cc2cccs2)CC1. The topological polar surface area (TPSA) is 51.2 Å². The first-order chi connectivity index (χ1) is 14.7. The quantitative estimate of drug-likeness (QED) is 0.439. The first-order valence-electron chi connectivity index (χ1n) is 10.8. The van der Waals surface area contributed by atoms with Gasteiger partial charge in [-0.2, -0.15) is 0 Å². The van der Waals surface area contributed by atoms with E-state index in [1.54, 1.807) is 0 Å². The predicted octanol–water partition coefficient (Wildman–Crippen LogP) is 2.76. The summed E-state index contributed by atoms with van der Waals surface area (Å²) in [6, 6.07) is 12.7.